The highest BCUT2D eigenvalue weighted by Crippen LogP contribution is 2.52. The molecule has 2 aromatic rings. The average Bonchev–Trinajstić information content (AvgIpc) is 2.95. The molecule has 2 bridgehead atoms. The van der Waals surface area contributed by atoms with Gasteiger partial charge >= 0.3 is 6.03 Å². The third kappa shape index (κ3) is 2.54. The fourth-order valence-corrected chi connectivity index (χ4v) is 5.03. The van der Waals surface area contributed by atoms with E-state index in [9.17, 15) is 4.79 Å². The first-order valence-corrected chi connectivity index (χ1v) is 8.62. The summed E-state index contributed by atoms with van der Waals surface area (Å²) in [5.41, 5.74) is 2.81. The van der Waals surface area contributed by atoms with Gasteiger partial charge in [-0.15, -0.1) is 0 Å². The molecule has 24 heavy (non-hydrogen) atoms. The summed E-state index contributed by atoms with van der Waals surface area (Å²) in [6, 6.07) is 6.02. The van der Waals surface area contributed by atoms with Gasteiger partial charge in [-0.3, -0.25) is 0 Å². The molecule has 1 aliphatic carbocycles. The monoisotopic (exact) mass is 327 g/mol. The van der Waals surface area contributed by atoms with Crippen LogP contribution in [0.15, 0.2) is 18.2 Å². The summed E-state index contributed by atoms with van der Waals surface area (Å²) in [6.45, 7) is 7.79. The summed E-state index contributed by atoms with van der Waals surface area (Å²) in [7, 11) is 1.79. The van der Waals surface area contributed by atoms with Crippen molar-refractivity contribution in [2.75, 3.05) is 11.9 Å². The van der Waals surface area contributed by atoms with Crippen molar-refractivity contribution in [3.8, 4) is 0 Å². The van der Waals surface area contributed by atoms with Gasteiger partial charge in [0.05, 0.1) is 5.69 Å². The maximum Gasteiger partial charge on any atom is 0.322 e. The predicted molar refractivity (Wildman–Crippen MR) is 93.8 cm³/mol. The lowest BCUT2D eigenvalue weighted by molar-refractivity contribution is 0.130. The molecule has 2 heterocycles. The van der Waals surface area contributed by atoms with E-state index in [4.69, 9.17) is 0 Å². The van der Waals surface area contributed by atoms with Crippen LogP contribution < -0.4 is 5.32 Å². The van der Waals surface area contributed by atoms with Crippen molar-refractivity contribution in [2.24, 2.45) is 17.9 Å². The number of carbonyl (C=O) groups is 1. The lowest BCUT2D eigenvalue weighted by atomic mass is 9.65. The van der Waals surface area contributed by atoms with Crippen molar-refractivity contribution in [1.29, 1.82) is 0 Å². The van der Waals surface area contributed by atoms with Gasteiger partial charge in [0, 0.05) is 19.6 Å². The van der Waals surface area contributed by atoms with Gasteiger partial charge in [0.15, 0.2) is 0 Å². The first kappa shape index (κ1) is 15.4. The first-order valence-electron chi connectivity index (χ1n) is 8.62. The number of hydrogen-bond donors (Lipinski definition) is 1. The number of anilines is 1. The molecule has 1 saturated carbocycles. The second-order valence-electron chi connectivity index (χ2n) is 8.63. The number of aryl methyl sites for hydroxylation is 1. The van der Waals surface area contributed by atoms with E-state index < -0.39 is 0 Å². The van der Waals surface area contributed by atoms with Crippen molar-refractivity contribution in [3.63, 3.8) is 0 Å². The maximum atomic E-state index is 12.9. The molecule has 2 aliphatic rings. The number of benzene rings is 1. The van der Waals surface area contributed by atoms with E-state index in [1.165, 1.54) is 11.2 Å². The number of fused-ring (bicyclic) bond motifs is 3. The fourth-order valence-electron chi connectivity index (χ4n) is 5.03. The molecule has 1 aromatic heterocycles. The van der Waals surface area contributed by atoms with Crippen molar-refractivity contribution >= 4 is 22.8 Å². The van der Waals surface area contributed by atoms with E-state index >= 15 is 0 Å². The van der Waals surface area contributed by atoms with E-state index in [1.807, 2.05) is 23.1 Å². The van der Waals surface area contributed by atoms with Crippen LogP contribution in [0.3, 0.4) is 0 Å². The van der Waals surface area contributed by atoms with Gasteiger partial charge in [-0.25, -0.2) is 4.79 Å². The zero-order valence-electron chi connectivity index (χ0n) is 14.8. The number of urea groups is 1. The molecule has 1 aromatic carbocycles. The molecule has 4 rings (SSSR count). The molecule has 2 amide bonds. The van der Waals surface area contributed by atoms with Gasteiger partial charge in [0.1, 0.15) is 11.0 Å². The zero-order chi connectivity index (χ0) is 17.1. The molecular formula is C18H25N5O. The third-order valence-corrected chi connectivity index (χ3v) is 5.43. The van der Waals surface area contributed by atoms with Gasteiger partial charge in [-0.2, -0.15) is 15.0 Å². The Morgan fingerprint density at radius 3 is 2.83 bits per heavy atom. The Hall–Kier alpha value is -2.11. The molecule has 1 N–H and O–H groups in total. The van der Waals surface area contributed by atoms with Crippen molar-refractivity contribution in [1.82, 2.24) is 19.9 Å². The molecule has 0 spiro atoms. The molecule has 0 radical (unpaired) electrons. The lowest BCUT2D eigenvalue weighted by Crippen LogP contribution is -2.40. The van der Waals surface area contributed by atoms with Gasteiger partial charge in [0.25, 0.3) is 0 Å². The van der Waals surface area contributed by atoms with Crippen LogP contribution >= 0.6 is 0 Å². The normalized spacial score (nSPS) is 28.3. The van der Waals surface area contributed by atoms with Gasteiger partial charge in [-0.1, -0.05) is 26.8 Å². The van der Waals surface area contributed by atoms with Crippen LogP contribution in [0.25, 0.3) is 11.0 Å². The Labute approximate surface area is 142 Å². The number of amides is 2. The Morgan fingerprint density at radius 2 is 2.04 bits per heavy atom. The Morgan fingerprint density at radius 1 is 1.25 bits per heavy atom. The van der Waals surface area contributed by atoms with Crippen LogP contribution in [0.4, 0.5) is 10.5 Å². The van der Waals surface area contributed by atoms with Crippen LogP contribution in [-0.2, 0) is 7.05 Å². The summed E-state index contributed by atoms with van der Waals surface area (Å²) in [6.07, 6.45) is 3.37. The highest BCUT2D eigenvalue weighted by atomic mass is 16.2. The van der Waals surface area contributed by atoms with E-state index in [-0.39, 0.29) is 11.4 Å². The lowest BCUT2D eigenvalue weighted by Gasteiger charge is -2.39. The molecule has 1 saturated heterocycles. The molecule has 6 nitrogen and oxygen atoms in total. The zero-order valence-corrected chi connectivity index (χ0v) is 14.8. The second-order valence-corrected chi connectivity index (χ2v) is 8.63. The number of carbonyl (C=O) groups excluding carboxylic acids is 1. The second kappa shape index (κ2) is 4.94. The SMILES string of the molecule is Cn1nc2cccc(NC(=O)N3C[C@]4(C)C[C@H]3CC(C)(C)C4)c2n1. The Balaban J connectivity index is 1.58. The van der Waals surface area contributed by atoms with Crippen molar-refractivity contribution in [3.05, 3.63) is 18.2 Å². The molecule has 6 heteroatoms. The van der Waals surface area contributed by atoms with Gasteiger partial charge in [0.2, 0.25) is 0 Å². The molecule has 1 aliphatic heterocycles. The number of nitrogens with zero attached hydrogens (tertiary/aromatic N) is 4. The van der Waals surface area contributed by atoms with E-state index in [2.05, 4.69) is 36.3 Å². The topological polar surface area (TPSA) is 63.1 Å². The minimum absolute atomic E-state index is 0.0143. The first-order chi connectivity index (χ1) is 11.2. The average molecular weight is 327 g/mol. The minimum atomic E-state index is -0.0143. The summed E-state index contributed by atoms with van der Waals surface area (Å²) < 4.78 is 0. The predicted octanol–water partition coefficient (Wildman–Crippen LogP) is 3.40. The smallest absolute Gasteiger partial charge is 0.321 e. The molecule has 128 valence electrons. The Bertz CT molecular complexity index is 811. The summed E-state index contributed by atoms with van der Waals surface area (Å²) >= 11 is 0. The van der Waals surface area contributed by atoms with E-state index in [0.29, 0.717) is 11.5 Å². The maximum absolute atomic E-state index is 12.9. The van der Waals surface area contributed by atoms with Gasteiger partial charge in [-0.05, 0) is 42.2 Å². The number of nitrogens with one attached hydrogen (secondary N) is 1. The van der Waals surface area contributed by atoms with Crippen LogP contribution in [-0.4, -0.2) is 38.5 Å². The summed E-state index contributed by atoms with van der Waals surface area (Å²) in [5.74, 6) is 0. The molecule has 0 unspecified atom stereocenters. The number of aromatic nitrogens is 3. The minimum Gasteiger partial charge on any atom is -0.321 e. The van der Waals surface area contributed by atoms with Crippen molar-refractivity contribution < 1.29 is 4.79 Å². The van der Waals surface area contributed by atoms with Crippen molar-refractivity contribution in [2.45, 2.75) is 46.1 Å². The Kier molecular flexibility index (Phi) is 3.18. The number of likely N-dealkylation sites (tertiary alicyclic amines) is 1. The largest absolute Gasteiger partial charge is 0.322 e. The van der Waals surface area contributed by atoms with Crippen LogP contribution in [0, 0.1) is 10.8 Å². The van der Waals surface area contributed by atoms with Crippen LogP contribution in [0.2, 0.25) is 0 Å². The van der Waals surface area contributed by atoms with Crippen LogP contribution in [0.1, 0.15) is 40.0 Å². The highest BCUT2D eigenvalue weighted by molar-refractivity contribution is 5.98. The standard InChI is InChI=1S/C18H25N5O/c1-17(2)8-12-9-18(3,10-17)11-23(12)16(24)19-13-6-5-7-14-15(13)21-22(4)20-14/h5-7,12H,8-11H2,1-4H3,(H,19,24)/t12-,18-/m1/s1. The molecule has 2 fully saturated rings. The van der Waals surface area contributed by atoms with Crippen LogP contribution in [0.5, 0.6) is 0 Å². The fraction of sp³-hybridized carbons (Fsp3) is 0.611. The van der Waals surface area contributed by atoms with Gasteiger partial charge < -0.3 is 10.2 Å². The van der Waals surface area contributed by atoms with E-state index in [0.717, 1.165) is 36.1 Å². The highest BCUT2D eigenvalue weighted by Gasteiger charge is 2.51. The summed E-state index contributed by atoms with van der Waals surface area (Å²) in [4.78, 5) is 16.5. The molecular weight excluding hydrogens is 302 g/mol. The third-order valence-electron chi connectivity index (χ3n) is 5.43. The number of rotatable bonds is 1. The quantitative estimate of drug-likeness (QED) is 0.873. The summed E-state index contributed by atoms with van der Waals surface area (Å²) in [5, 5.41) is 11.7. The number of hydrogen-bond acceptors (Lipinski definition) is 3. The molecule has 2 atom stereocenters. The van der Waals surface area contributed by atoms with E-state index in [1.54, 1.807) is 7.05 Å².